The van der Waals surface area contributed by atoms with E-state index < -0.39 is 29.0 Å². The number of likely N-dealkylation sites (tertiary alicyclic amines) is 1. The summed E-state index contributed by atoms with van der Waals surface area (Å²) < 4.78 is 46.4. The molecule has 1 N–H and O–H groups in total. The maximum absolute atomic E-state index is 14.3. The molecule has 2 fully saturated rings. The minimum Gasteiger partial charge on any atom is -0.496 e. The predicted molar refractivity (Wildman–Crippen MR) is 200 cm³/mol. The summed E-state index contributed by atoms with van der Waals surface area (Å²) >= 11 is 0. The number of nitrogens with one attached hydrogen (secondary N) is 1. The maximum atomic E-state index is 14.3. The molecule has 1 saturated carbocycles. The Kier molecular flexibility index (Phi) is 15.2. The Hall–Kier alpha value is -3.99. The molecular weight excluding hydrogens is 656 g/mol. The first kappa shape index (κ1) is 43.2. The molecule has 9 nitrogen and oxygen atoms in total. The lowest BCUT2D eigenvalue weighted by molar-refractivity contribution is -0.186. The summed E-state index contributed by atoms with van der Waals surface area (Å²) in [5, 5.41) is 3.66. The second kappa shape index (κ2) is 18.0. The van der Waals surface area contributed by atoms with E-state index in [9.17, 15) is 23.2 Å². The van der Waals surface area contributed by atoms with Gasteiger partial charge in [-0.3, -0.25) is 14.3 Å². The number of ether oxygens (including phenoxy) is 3. The van der Waals surface area contributed by atoms with Gasteiger partial charge < -0.3 is 19.5 Å². The highest BCUT2D eigenvalue weighted by atomic mass is 19.3. The van der Waals surface area contributed by atoms with Crippen LogP contribution in [0.3, 0.4) is 0 Å². The second-order valence-corrected chi connectivity index (χ2v) is 13.4. The van der Waals surface area contributed by atoms with Gasteiger partial charge in [0.1, 0.15) is 11.4 Å². The Bertz CT molecular complexity index is 1650. The number of alkyl halides is 2. The van der Waals surface area contributed by atoms with E-state index in [1.807, 2.05) is 81.4 Å². The fourth-order valence-corrected chi connectivity index (χ4v) is 7.00. The minimum atomic E-state index is -2.70. The second-order valence-electron chi connectivity index (χ2n) is 13.4. The Morgan fingerprint density at radius 3 is 2.14 bits per heavy atom. The summed E-state index contributed by atoms with van der Waals surface area (Å²) in [6.45, 7) is 21.6. The highest BCUT2D eigenvalue weighted by molar-refractivity contribution is 5.96. The van der Waals surface area contributed by atoms with Crippen LogP contribution in [-0.4, -0.2) is 59.7 Å². The number of fused-ring (bicyclic) bond motifs is 1. The smallest absolute Gasteiger partial charge is 0.419 e. The summed E-state index contributed by atoms with van der Waals surface area (Å²) in [4.78, 5) is 39.9. The number of hydrogen-bond donors (Lipinski definition) is 1. The summed E-state index contributed by atoms with van der Waals surface area (Å²) in [5.41, 5.74) is 2.58. The number of rotatable bonds is 6. The molecule has 2 heterocycles. The van der Waals surface area contributed by atoms with Gasteiger partial charge in [-0.25, -0.2) is 18.4 Å². The number of carbonyl (C=O) groups excluding carboxylic acids is 3. The van der Waals surface area contributed by atoms with Crippen LogP contribution in [0.4, 0.5) is 19.3 Å². The molecule has 1 saturated heterocycles. The molecule has 1 aromatic heterocycles. The molecule has 1 spiro atoms. The van der Waals surface area contributed by atoms with Crippen LogP contribution < -0.4 is 10.1 Å². The van der Waals surface area contributed by atoms with Crippen molar-refractivity contribution in [2.24, 2.45) is 5.41 Å². The standard InChI is InChI=1S/C34H41F2N3O6.3C2H6/c1-20-14-28(43-6)25(23-10-12-39(29(20)23)31(42)45-32(3,4)5)17-38-13-11-33(18-34(35,36)19-33)16-27(38)24-9-8-22(30(41)44-7)15-26(24)37-21(2)40;3*1-2/h8-10,12,14-15,27H,11,13,16-19H2,1-7H3,(H,37,40);3*1-2H3. The number of carbonyl (C=O) groups is 3. The van der Waals surface area contributed by atoms with E-state index in [0.29, 0.717) is 42.9 Å². The van der Waals surface area contributed by atoms with Gasteiger partial charge in [-0.2, -0.15) is 0 Å². The SMILES string of the molecule is CC.CC.CC.COC(=O)c1ccc(C2CC3(CCN2Cc2c(OC)cc(C)c4c2ccn4C(=O)OC(C)(C)C)CC(F)(F)C3)c(NC(C)=O)c1. The molecular formula is C40H59F2N3O6. The monoisotopic (exact) mass is 715 g/mol. The molecule has 1 unspecified atom stereocenters. The Balaban J connectivity index is 0.00000143. The average Bonchev–Trinajstić information content (AvgIpc) is 3.53. The van der Waals surface area contributed by atoms with Crippen molar-refractivity contribution in [2.45, 2.75) is 126 Å². The van der Waals surface area contributed by atoms with Crippen molar-refractivity contribution in [1.82, 2.24) is 9.47 Å². The van der Waals surface area contributed by atoms with Crippen LogP contribution in [0.5, 0.6) is 5.75 Å². The van der Waals surface area contributed by atoms with Gasteiger partial charge in [-0.05, 0) is 87.9 Å². The molecule has 51 heavy (non-hydrogen) atoms. The molecule has 1 atom stereocenters. The number of esters is 1. The summed E-state index contributed by atoms with van der Waals surface area (Å²) in [6, 6.07) is 8.36. The van der Waals surface area contributed by atoms with Gasteiger partial charge >= 0.3 is 12.1 Å². The van der Waals surface area contributed by atoms with Crippen molar-refractivity contribution in [3.05, 3.63) is 58.8 Å². The molecule has 2 aromatic carbocycles. The molecule has 0 bridgehead atoms. The van der Waals surface area contributed by atoms with Crippen LogP contribution in [0.25, 0.3) is 10.9 Å². The maximum Gasteiger partial charge on any atom is 0.419 e. The zero-order valence-electron chi connectivity index (χ0n) is 32.9. The third kappa shape index (κ3) is 10.1. The quantitative estimate of drug-likeness (QED) is 0.254. The normalized spacial score (nSPS) is 17.3. The van der Waals surface area contributed by atoms with Gasteiger partial charge in [0, 0.05) is 55.2 Å². The van der Waals surface area contributed by atoms with Gasteiger partial charge in [0.05, 0.1) is 25.3 Å². The van der Waals surface area contributed by atoms with E-state index in [-0.39, 0.29) is 30.4 Å². The highest BCUT2D eigenvalue weighted by Gasteiger charge is 2.58. The molecule has 2 aliphatic rings. The van der Waals surface area contributed by atoms with E-state index in [0.717, 1.165) is 22.1 Å². The van der Waals surface area contributed by atoms with Gasteiger partial charge in [-0.15, -0.1) is 0 Å². The van der Waals surface area contributed by atoms with Crippen molar-refractivity contribution >= 4 is 34.6 Å². The molecule has 0 radical (unpaired) electrons. The highest BCUT2D eigenvalue weighted by Crippen LogP contribution is 2.61. The molecule has 1 aliphatic carbocycles. The number of benzene rings is 2. The van der Waals surface area contributed by atoms with Crippen LogP contribution in [0.15, 0.2) is 36.5 Å². The zero-order chi connectivity index (χ0) is 38.9. The van der Waals surface area contributed by atoms with Gasteiger partial charge in [0.15, 0.2) is 0 Å². The van der Waals surface area contributed by atoms with Crippen LogP contribution in [0.1, 0.15) is 128 Å². The summed E-state index contributed by atoms with van der Waals surface area (Å²) in [6.07, 6.45) is 1.86. The van der Waals surface area contributed by atoms with Crippen molar-refractivity contribution in [3.8, 4) is 5.75 Å². The predicted octanol–water partition coefficient (Wildman–Crippen LogP) is 10.3. The Morgan fingerprint density at radius 1 is 0.980 bits per heavy atom. The first-order valence-electron chi connectivity index (χ1n) is 18.1. The fourth-order valence-electron chi connectivity index (χ4n) is 7.00. The van der Waals surface area contributed by atoms with E-state index in [2.05, 4.69) is 10.2 Å². The number of anilines is 1. The molecule has 1 aliphatic heterocycles. The largest absolute Gasteiger partial charge is 0.496 e. The van der Waals surface area contributed by atoms with Crippen molar-refractivity contribution in [3.63, 3.8) is 0 Å². The summed E-state index contributed by atoms with van der Waals surface area (Å²) in [7, 11) is 2.87. The van der Waals surface area contributed by atoms with E-state index >= 15 is 0 Å². The topological polar surface area (TPSA) is 99.1 Å². The molecule has 11 heteroatoms. The lowest BCUT2D eigenvalue weighted by Gasteiger charge is -2.55. The summed E-state index contributed by atoms with van der Waals surface area (Å²) in [5.74, 6) is -2.93. The van der Waals surface area contributed by atoms with Gasteiger partial charge in [-0.1, -0.05) is 47.6 Å². The van der Waals surface area contributed by atoms with Crippen molar-refractivity contribution < 1.29 is 37.4 Å². The van der Waals surface area contributed by atoms with Crippen molar-refractivity contribution in [1.29, 1.82) is 0 Å². The van der Waals surface area contributed by atoms with Crippen molar-refractivity contribution in [2.75, 3.05) is 26.1 Å². The zero-order valence-corrected chi connectivity index (χ0v) is 32.9. The average molecular weight is 716 g/mol. The van der Waals surface area contributed by atoms with Crippen LogP contribution in [-0.2, 0) is 20.8 Å². The molecule has 284 valence electrons. The number of amides is 1. The fraction of sp³-hybridized carbons (Fsp3) is 0.575. The number of aromatic nitrogens is 1. The number of piperidine rings is 1. The van der Waals surface area contributed by atoms with Crippen LogP contribution in [0.2, 0.25) is 0 Å². The van der Waals surface area contributed by atoms with Crippen LogP contribution >= 0.6 is 0 Å². The van der Waals surface area contributed by atoms with E-state index in [1.54, 1.807) is 31.5 Å². The van der Waals surface area contributed by atoms with E-state index in [1.165, 1.54) is 18.6 Å². The Labute approximate surface area is 303 Å². The minimum absolute atomic E-state index is 0.184. The number of hydrogen-bond acceptors (Lipinski definition) is 7. The Morgan fingerprint density at radius 2 is 1.61 bits per heavy atom. The number of methoxy groups -OCH3 is 2. The molecule has 1 amide bonds. The van der Waals surface area contributed by atoms with Gasteiger partial charge in [0.2, 0.25) is 11.8 Å². The number of nitrogens with zero attached hydrogens (tertiary/aromatic N) is 2. The molecule has 5 rings (SSSR count). The van der Waals surface area contributed by atoms with Gasteiger partial charge in [0.25, 0.3) is 0 Å². The number of aryl methyl sites for hydroxylation is 1. The molecule has 3 aromatic rings. The first-order valence-corrected chi connectivity index (χ1v) is 18.1. The number of halogens is 2. The third-order valence-electron chi connectivity index (χ3n) is 8.81. The van der Waals surface area contributed by atoms with E-state index in [4.69, 9.17) is 14.2 Å². The lowest BCUT2D eigenvalue weighted by Crippen LogP contribution is -2.53. The van der Waals surface area contributed by atoms with Crippen LogP contribution in [0, 0.1) is 12.3 Å². The third-order valence-corrected chi connectivity index (χ3v) is 8.81. The first-order chi connectivity index (χ1) is 24.0. The lowest BCUT2D eigenvalue weighted by atomic mass is 9.58.